The smallest absolute Gasteiger partial charge is 0.127 e. The number of nitrogen functional groups attached to an aromatic ring is 1. The Morgan fingerprint density at radius 3 is 2.59 bits per heavy atom. The van der Waals surface area contributed by atoms with Gasteiger partial charge in [0.25, 0.3) is 0 Å². The average molecular weight is 246 g/mol. The van der Waals surface area contributed by atoms with Crippen LogP contribution in [-0.4, -0.2) is 10.1 Å². The average Bonchev–Trinajstić information content (AvgIpc) is 2.38. The van der Waals surface area contributed by atoms with Gasteiger partial charge in [-0.05, 0) is 23.8 Å². The number of rotatable bonds is 4. The first-order valence-corrected chi connectivity index (χ1v) is 6.30. The van der Waals surface area contributed by atoms with Crippen LogP contribution in [0.4, 0.5) is 5.82 Å². The van der Waals surface area contributed by atoms with Gasteiger partial charge in [-0.1, -0.05) is 18.2 Å². The van der Waals surface area contributed by atoms with Crippen molar-refractivity contribution in [2.24, 2.45) is 0 Å². The van der Waals surface area contributed by atoms with E-state index in [-0.39, 0.29) is 6.61 Å². The number of hydrogen-bond donors (Lipinski definition) is 2. The number of pyridine rings is 1. The first-order chi connectivity index (χ1) is 8.29. The number of aliphatic hydroxyl groups excluding tert-OH is 1. The van der Waals surface area contributed by atoms with Crippen molar-refractivity contribution in [3.05, 3.63) is 53.7 Å². The van der Waals surface area contributed by atoms with E-state index in [9.17, 15) is 0 Å². The van der Waals surface area contributed by atoms with E-state index in [0.29, 0.717) is 5.82 Å². The van der Waals surface area contributed by atoms with Crippen LogP contribution in [0.25, 0.3) is 0 Å². The lowest BCUT2D eigenvalue weighted by molar-refractivity contribution is 0.282. The standard InChI is InChI=1S/C13H14N2OS/c14-13-11(2-1-7-15-13)9-17-12-5-3-10(8-16)4-6-12/h1-7,16H,8-9H2,(H2,14,15). The van der Waals surface area contributed by atoms with Crippen molar-refractivity contribution >= 4 is 17.6 Å². The molecular weight excluding hydrogens is 232 g/mol. The molecule has 0 amide bonds. The number of nitrogens with zero attached hydrogens (tertiary/aromatic N) is 1. The summed E-state index contributed by atoms with van der Waals surface area (Å²) in [6.45, 7) is 0.0838. The van der Waals surface area contributed by atoms with Crippen LogP contribution in [0.3, 0.4) is 0 Å². The lowest BCUT2D eigenvalue weighted by Gasteiger charge is -2.04. The van der Waals surface area contributed by atoms with Crippen molar-refractivity contribution in [3.63, 3.8) is 0 Å². The van der Waals surface area contributed by atoms with Crippen molar-refractivity contribution in [1.82, 2.24) is 4.98 Å². The Morgan fingerprint density at radius 1 is 1.18 bits per heavy atom. The van der Waals surface area contributed by atoms with Crippen LogP contribution in [0.5, 0.6) is 0 Å². The quantitative estimate of drug-likeness (QED) is 0.814. The molecule has 0 saturated heterocycles. The van der Waals surface area contributed by atoms with Gasteiger partial charge in [0.15, 0.2) is 0 Å². The summed E-state index contributed by atoms with van der Waals surface area (Å²) in [6.07, 6.45) is 1.69. The molecule has 2 rings (SSSR count). The zero-order valence-electron chi connectivity index (χ0n) is 9.34. The van der Waals surface area contributed by atoms with Crippen molar-refractivity contribution < 1.29 is 5.11 Å². The lowest BCUT2D eigenvalue weighted by atomic mass is 10.2. The summed E-state index contributed by atoms with van der Waals surface area (Å²) in [5.74, 6) is 1.39. The van der Waals surface area contributed by atoms with Crippen molar-refractivity contribution in [2.75, 3.05) is 5.73 Å². The molecule has 2 aromatic rings. The fourth-order valence-electron chi connectivity index (χ4n) is 1.43. The maximum absolute atomic E-state index is 8.94. The van der Waals surface area contributed by atoms with Crippen LogP contribution in [-0.2, 0) is 12.4 Å². The van der Waals surface area contributed by atoms with Crippen LogP contribution < -0.4 is 5.73 Å². The summed E-state index contributed by atoms with van der Waals surface area (Å²) in [7, 11) is 0. The van der Waals surface area contributed by atoms with Gasteiger partial charge < -0.3 is 10.8 Å². The van der Waals surface area contributed by atoms with E-state index in [2.05, 4.69) is 4.98 Å². The lowest BCUT2D eigenvalue weighted by Crippen LogP contribution is -1.95. The van der Waals surface area contributed by atoms with E-state index in [0.717, 1.165) is 21.8 Å². The normalized spacial score (nSPS) is 10.4. The van der Waals surface area contributed by atoms with Gasteiger partial charge in [0, 0.05) is 22.4 Å². The van der Waals surface area contributed by atoms with Gasteiger partial charge in [0.05, 0.1) is 6.61 Å². The molecule has 3 N–H and O–H groups in total. The van der Waals surface area contributed by atoms with E-state index in [1.807, 2.05) is 36.4 Å². The Morgan fingerprint density at radius 2 is 1.94 bits per heavy atom. The highest BCUT2D eigenvalue weighted by Crippen LogP contribution is 2.24. The second-order valence-corrected chi connectivity index (χ2v) is 4.69. The van der Waals surface area contributed by atoms with E-state index in [1.165, 1.54) is 0 Å². The summed E-state index contributed by atoms with van der Waals surface area (Å²) in [5, 5.41) is 8.94. The number of aromatic nitrogens is 1. The molecule has 0 fully saturated rings. The van der Waals surface area contributed by atoms with Gasteiger partial charge in [-0.15, -0.1) is 11.8 Å². The number of hydrogen-bond acceptors (Lipinski definition) is 4. The summed E-state index contributed by atoms with van der Waals surface area (Å²) < 4.78 is 0. The maximum Gasteiger partial charge on any atom is 0.127 e. The molecule has 1 heterocycles. The van der Waals surface area contributed by atoms with Crippen LogP contribution >= 0.6 is 11.8 Å². The van der Waals surface area contributed by atoms with E-state index in [1.54, 1.807) is 18.0 Å². The topological polar surface area (TPSA) is 59.1 Å². The third-order valence-corrected chi connectivity index (χ3v) is 3.49. The molecule has 88 valence electrons. The SMILES string of the molecule is Nc1ncccc1CSc1ccc(CO)cc1. The second-order valence-electron chi connectivity index (χ2n) is 3.64. The fourth-order valence-corrected chi connectivity index (χ4v) is 2.32. The molecule has 4 heteroatoms. The molecule has 17 heavy (non-hydrogen) atoms. The van der Waals surface area contributed by atoms with Gasteiger partial charge in [-0.25, -0.2) is 4.98 Å². The highest BCUT2D eigenvalue weighted by atomic mass is 32.2. The minimum absolute atomic E-state index is 0.0838. The van der Waals surface area contributed by atoms with E-state index < -0.39 is 0 Å². The van der Waals surface area contributed by atoms with Gasteiger partial charge in [-0.2, -0.15) is 0 Å². The molecule has 1 aromatic carbocycles. The van der Waals surface area contributed by atoms with Crippen LogP contribution in [0.2, 0.25) is 0 Å². The van der Waals surface area contributed by atoms with Crippen molar-refractivity contribution in [1.29, 1.82) is 0 Å². The van der Waals surface area contributed by atoms with Crippen LogP contribution in [0.1, 0.15) is 11.1 Å². The highest BCUT2D eigenvalue weighted by molar-refractivity contribution is 7.98. The number of benzene rings is 1. The predicted molar refractivity (Wildman–Crippen MR) is 70.6 cm³/mol. The molecule has 0 saturated carbocycles. The summed E-state index contributed by atoms with van der Waals surface area (Å²) in [4.78, 5) is 5.21. The van der Waals surface area contributed by atoms with Crippen LogP contribution in [0, 0.1) is 0 Å². The van der Waals surface area contributed by atoms with Crippen LogP contribution in [0.15, 0.2) is 47.5 Å². The fraction of sp³-hybridized carbons (Fsp3) is 0.154. The second kappa shape index (κ2) is 5.70. The molecule has 3 nitrogen and oxygen atoms in total. The Kier molecular flexibility index (Phi) is 4.01. The van der Waals surface area contributed by atoms with E-state index in [4.69, 9.17) is 10.8 Å². The monoisotopic (exact) mass is 246 g/mol. The number of thioether (sulfide) groups is 1. The zero-order valence-corrected chi connectivity index (χ0v) is 10.2. The Balaban J connectivity index is 2.00. The minimum Gasteiger partial charge on any atom is -0.392 e. The van der Waals surface area contributed by atoms with Gasteiger partial charge in [0.2, 0.25) is 0 Å². The molecule has 0 bridgehead atoms. The summed E-state index contributed by atoms with van der Waals surface area (Å²) >= 11 is 1.71. The Hall–Kier alpha value is -1.52. The predicted octanol–water partition coefficient (Wildman–Crippen LogP) is 2.45. The van der Waals surface area contributed by atoms with Gasteiger partial charge in [0.1, 0.15) is 5.82 Å². The molecule has 0 aliphatic carbocycles. The molecule has 0 aliphatic rings. The first kappa shape index (κ1) is 12.0. The summed E-state index contributed by atoms with van der Waals surface area (Å²) in [6, 6.07) is 11.7. The molecule has 0 atom stereocenters. The third kappa shape index (κ3) is 3.22. The molecule has 1 aromatic heterocycles. The molecule has 0 unspecified atom stereocenters. The molecule has 0 aliphatic heterocycles. The third-order valence-electron chi connectivity index (χ3n) is 2.43. The Bertz CT molecular complexity index is 485. The van der Waals surface area contributed by atoms with E-state index >= 15 is 0 Å². The molecular formula is C13H14N2OS. The zero-order chi connectivity index (χ0) is 12.1. The largest absolute Gasteiger partial charge is 0.392 e. The number of anilines is 1. The maximum atomic E-state index is 8.94. The first-order valence-electron chi connectivity index (χ1n) is 5.31. The molecule has 0 spiro atoms. The van der Waals surface area contributed by atoms with Gasteiger partial charge in [-0.3, -0.25) is 0 Å². The number of aliphatic hydroxyl groups is 1. The van der Waals surface area contributed by atoms with Crippen molar-refractivity contribution in [3.8, 4) is 0 Å². The van der Waals surface area contributed by atoms with Gasteiger partial charge >= 0.3 is 0 Å². The summed E-state index contributed by atoms with van der Waals surface area (Å²) in [5.41, 5.74) is 7.74. The minimum atomic E-state index is 0.0838. The molecule has 0 radical (unpaired) electrons. The Labute approximate surface area is 105 Å². The van der Waals surface area contributed by atoms with Crippen molar-refractivity contribution in [2.45, 2.75) is 17.3 Å². The number of nitrogens with two attached hydrogens (primary N) is 1. The highest BCUT2D eigenvalue weighted by Gasteiger charge is 2.00.